The molecule has 0 bridgehead atoms. The summed E-state index contributed by atoms with van der Waals surface area (Å²) < 4.78 is 12.7. The highest BCUT2D eigenvalue weighted by Crippen LogP contribution is 2.37. The molecule has 0 radical (unpaired) electrons. The maximum atomic E-state index is 10.5. The average molecular weight is 312 g/mol. The van der Waals surface area contributed by atoms with Gasteiger partial charge in [-0.3, -0.25) is 0 Å². The first-order chi connectivity index (χ1) is 11.2. The SMILES string of the molecule is CCC(O)c1c(-c2cc(OC)ccc2OC)nc2ccccn12. The van der Waals surface area contributed by atoms with E-state index in [1.807, 2.05) is 53.9 Å². The molecule has 3 rings (SSSR count). The van der Waals surface area contributed by atoms with Gasteiger partial charge in [0.25, 0.3) is 0 Å². The number of fused-ring (bicyclic) bond motifs is 1. The summed E-state index contributed by atoms with van der Waals surface area (Å²) in [5, 5.41) is 10.5. The number of ether oxygens (including phenoxy) is 2. The number of hydrogen-bond donors (Lipinski definition) is 1. The van der Waals surface area contributed by atoms with Crippen molar-refractivity contribution in [3.05, 3.63) is 48.3 Å². The third kappa shape index (κ3) is 2.64. The molecule has 0 spiro atoms. The molecule has 0 amide bonds. The second-order valence-electron chi connectivity index (χ2n) is 5.26. The monoisotopic (exact) mass is 312 g/mol. The standard InChI is InChI=1S/C18H20N2O3/c1-4-14(21)18-17(19-16-7-5-6-10-20(16)18)13-11-12(22-2)8-9-15(13)23-3/h5-11,14,21H,4H2,1-3H3. The van der Waals surface area contributed by atoms with Gasteiger partial charge in [-0.15, -0.1) is 0 Å². The van der Waals surface area contributed by atoms with E-state index in [-0.39, 0.29) is 0 Å². The van der Waals surface area contributed by atoms with E-state index in [0.717, 1.165) is 22.7 Å². The van der Waals surface area contributed by atoms with Gasteiger partial charge in [-0.25, -0.2) is 4.98 Å². The van der Waals surface area contributed by atoms with E-state index in [0.29, 0.717) is 17.9 Å². The molecule has 0 fully saturated rings. The Bertz CT molecular complexity index is 826. The Kier molecular flexibility index (Phi) is 4.21. The van der Waals surface area contributed by atoms with E-state index in [2.05, 4.69) is 0 Å². The highest BCUT2D eigenvalue weighted by molar-refractivity contribution is 5.74. The quantitative estimate of drug-likeness (QED) is 0.784. The molecule has 23 heavy (non-hydrogen) atoms. The summed E-state index contributed by atoms with van der Waals surface area (Å²) in [4.78, 5) is 4.70. The number of imidazole rings is 1. The van der Waals surface area contributed by atoms with Crippen LogP contribution in [-0.4, -0.2) is 28.7 Å². The predicted octanol–water partition coefficient (Wildman–Crippen LogP) is 3.46. The van der Waals surface area contributed by atoms with E-state index < -0.39 is 6.10 Å². The summed E-state index contributed by atoms with van der Waals surface area (Å²) in [5.41, 5.74) is 3.06. The molecule has 0 saturated heterocycles. The zero-order valence-electron chi connectivity index (χ0n) is 13.5. The Labute approximate surface area is 135 Å². The molecular formula is C18H20N2O3. The normalized spacial score (nSPS) is 12.3. The number of benzene rings is 1. The molecule has 2 heterocycles. The molecule has 1 aromatic carbocycles. The lowest BCUT2D eigenvalue weighted by molar-refractivity contribution is 0.168. The molecule has 1 N–H and O–H groups in total. The largest absolute Gasteiger partial charge is 0.497 e. The molecule has 5 nitrogen and oxygen atoms in total. The first-order valence-corrected chi connectivity index (χ1v) is 7.57. The highest BCUT2D eigenvalue weighted by atomic mass is 16.5. The van der Waals surface area contributed by atoms with Crippen molar-refractivity contribution in [2.45, 2.75) is 19.4 Å². The van der Waals surface area contributed by atoms with Crippen LogP contribution < -0.4 is 9.47 Å². The number of pyridine rings is 1. The molecule has 1 atom stereocenters. The Morgan fingerprint density at radius 1 is 1.17 bits per heavy atom. The second kappa shape index (κ2) is 6.30. The second-order valence-corrected chi connectivity index (χ2v) is 5.26. The van der Waals surface area contributed by atoms with Gasteiger partial charge >= 0.3 is 0 Å². The smallest absolute Gasteiger partial charge is 0.137 e. The van der Waals surface area contributed by atoms with Crippen molar-refractivity contribution in [1.29, 1.82) is 0 Å². The van der Waals surface area contributed by atoms with Gasteiger partial charge < -0.3 is 19.0 Å². The topological polar surface area (TPSA) is 56.0 Å². The van der Waals surface area contributed by atoms with Crippen LogP contribution >= 0.6 is 0 Å². The maximum Gasteiger partial charge on any atom is 0.137 e. The molecule has 0 aliphatic carbocycles. The minimum Gasteiger partial charge on any atom is -0.497 e. The molecule has 2 aromatic heterocycles. The lowest BCUT2D eigenvalue weighted by Crippen LogP contribution is -2.02. The molecule has 3 aromatic rings. The van der Waals surface area contributed by atoms with E-state index in [9.17, 15) is 5.11 Å². The third-order valence-electron chi connectivity index (χ3n) is 3.93. The van der Waals surface area contributed by atoms with Crippen molar-refractivity contribution in [3.8, 4) is 22.8 Å². The lowest BCUT2D eigenvalue weighted by Gasteiger charge is -2.13. The van der Waals surface area contributed by atoms with Crippen molar-refractivity contribution < 1.29 is 14.6 Å². The molecule has 1 unspecified atom stereocenters. The molecular weight excluding hydrogens is 292 g/mol. The minimum absolute atomic E-state index is 0.599. The van der Waals surface area contributed by atoms with Crippen LogP contribution in [0.1, 0.15) is 25.1 Å². The Morgan fingerprint density at radius 3 is 2.70 bits per heavy atom. The molecule has 0 saturated carbocycles. The Hall–Kier alpha value is -2.53. The highest BCUT2D eigenvalue weighted by Gasteiger charge is 2.22. The number of aliphatic hydroxyl groups is 1. The Balaban J connectivity index is 2.31. The number of aliphatic hydroxyl groups excluding tert-OH is 1. The molecule has 0 aliphatic heterocycles. The van der Waals surface area contributed by atoms with Crippen LogP contribution in [0.15, 0.2) is 42.6 Å². The number of nitrogens with zero attached hydrogens (tertiary/aromatic N) is 2. The van der Waals surface area contributed by atoms with E-state index in [1.165, 1.54) is 0 Å². The van der Waals surface area contributed by atoms with Gasteiger partial charge in [-0.05, 0) is 36.8 Å². The van der Waals surface area contributed by atoms with Crippen molar-refractivity contribution in [2.24, 2.45) is 0 Å². The van der Waals surface area contributed by atoms with Crippen LogP contribution in [0.5, 0.6) is 11.5 Å². The predicted molar refractivity (Wildman–Crippen MR) is 89.0 cm³/mol. The Morgan fingerprint density at radius 2 is 2.00 bits per heavy atom. The summed E-state index contributed by atoms with van der Waals surface area (Å²) in [7, 11) is 3.24. The van der Waals surface area contributed by atoms with Crippen molar-refractivity contribution >= 4 is 5.65 Å². The number of aromatic nitrogens is 2. The van der Waals surface area contributed by atoms with Crippen LogP contribution in [-0.2, 0) is 0 Å². The average Bonchev–Trinajstić information content (AvgIpc) is 2.99. The first kappa shape index (κ1) is 15.4. The summed E-state index contributed by atoms with van der Waals surface area (Å²) in [5.74, 6) is 1.41. The van der Waals surface area contributed by atoms with Crippen molar-refractivity contribution in [1.82, 2.24) is 9.38 Å². The molecule has 120 valence electrons. The zero-order chi connectivity index (χ0) is 16.4. The fourth-order valence-electron chi connectivity index (χ4n) is 2.72. The fraction of sp³-hybridized carbons (Fsp3) is 0.278. The van der Waals surface area contributed by atoms with Gasteiger partial charge in [0, 0.05) is 11.8 Å². The van der Waals surface area contributed by atoms with Gasteiger partial charge in [-0.2, -0.15) is 0 Å². The van der Waals surface area contributed by atoms with Crippen molar-refractivity contribution in [3.63, 3.8) is 0 Å². The van der Waals surface area contributed by atoms with Crippen LogP contribution in [0.3, 0.4) is 0 Å². The van der Waals surface area contributed by atoms with Crippen molar-refractivity contribution in [2.75, 3.05) is 14.2 Å². The summed E-state index contributed by atoms with van der Waals surface area (Å²) >= 11 is 0. The fourth-order valence-corrected chi connectivity index (χ4v) is 2.72. The van der Waals surface area contributed by atoms with Crippen LogP contribution in [0.25, 0.3) is 16.9 Å². The third-order valence-corrected chi connectivity index (χ3v) is 3.93. The number of hydrogen-bond acceptors (Lipinski definition) is 4. The molecule has 0 aliphatic rings. The van der Waals surface area contributed by atoms with E-state index in [1.54, 1.807) is 14.2 Å². The lowest BCUT2D eigenvalue weighted by atomic mass is 10.0. The van der Waals surface area contributed by atoms with Gasteiger partial charge in [-0.1, -0.05) is 13.0 Å². The summed E-state index contributed by atoms with van der Waals surface area (Å²) in [6, 6.07) is 11.3. The van der Waals surface area contributed by atoms with Gasteiger partial charge in [0.2, 0.25) is 0 Å². The summed E-state index contributed by atoms with van der Waals surface area (Å²) in [6.45, 7) is 1.94. The summed E-state index contributed by atoms with van der Waals surface area (Å²) in [6.07, 6.45) is 1.90. The number of rotatable bonds is 5. The maximum absolute atomic E-state index is 10.5. The van der Waals surface area contributed by atoms with Crippen LogP contribution in [0.4, 0.5) is 0 Å². The first-order valence-electron chi connectivity index (χ1n) is 7.57. The van der Waals surface area contributed by atoms with Gasteiger partial charge in [0.05, 0.1) is 31.7 Å². The zero-order valence-corrected chi connectivity index (χ0v) is 13.5. The minimum atomic E-state index is -0.613. The van der Waals surface area contributed by atoms with Crippen LogP contribution in [0.2, 0.25) is 0 Å². The van der Waals surface area contributed by atoms with Gasteiger partial charge in [0.1, 0.15) is 17.1 Å². The van der Waals surface area contributed by atoms with Crippen LogP contribution in [0, 0.1) is 0 Å². The molecule has 5 heteroatoms. The number of methoxy groups -OCH3 is 2. The van der Waals surface area contributed by atoms with Gasteiger partial charge in [0.15, 0.2) is 0 Å². The van der Waals surface area contributed by atoms with E-state index in [4.69, 9.17) is 14.5 Å². The van der Waals surface area contributed by atoms with E-state index >= 15 is 0 Å².